The number of carbonyl (C=O) groups is 1. The van der Waals surface area contributed by atoms with Crippen molar-refractivity contribution < 1.29 is 18.3 Å². The lowest BCUT2D eigenvalue weighted by Gasteiger charge is -2.26. The Hall–Kier alpha value is -4.00. The number of anilines is 4. The van der Waals surface area contributed by atoms with Crippen LogP contribution < -0.4 is 14.9 Å². The minimum absolute atomic E-state index is 0.166. The van der Waals surface area contributed by atoms with E-state index in [1.165, 1.54) is 17.3 Å². The zero-order valence-electron chi connectivity index (χ0n) is 18.6. The lowest BCUT2D eigenvalue weighted by Crippen LogP contribution is -2.34. The third-order valence-corrected chi connectivity index (χ3v) is 5.78. The van der Waals surface area contributed by atoms with Gasteiger partial charge in [0.15, 0.2) is 5.82 Å². The van der Waals surface area contributed by atoms with Gasteiger partial charge in [-0.25, -0.2) is 23.2 Å². The second-order valence-corrected chi connectivity index (χ2v) is 9.63. The zero-order valence-corrected chi connectivity index (χ0v) is 19.4. The number of aromatic nitrogens is 4. The molecular weight excluding hydrogens is 460 g/mol. The van der Waals surface area contributed by atoms with Crippen LogP contribution in [0.25, 0.3) is 0 Å². The third-order valence-electron chi connectivity index (χ3n) is 5.22. The number of hydrogen-bond donors (Lipinski definition) is 3. The summed E-state index contributed by atoms with van der Waals surface area (Å²) in [6.07, 6.45) is 5.32. The van der Waals surface area contributed by atoms with Gasteiger partial charge in [-0.1, -0.05) is 6.07 Å². The highest BCUT2D eigenvalue weighted by Gasteiger charge is 2.20. The summed E-state index contributed by atoms with van der Waals surface area (Å²) in [5.74, 6) is 1.16. The third kappa shape index (κ3) is 5.67. The molecule has 0 fully saturated rings. The molecule has 12 nitrogen and oxygen atoms in total. The van der Waals surface area contributed by atoms with E-state index in [2.05, 4.69) is 30.0 Å². The molecule has 0 atom stereocenters. The fourth-order valence-corrected chi connectivity index (χ4v) is 4.12. The van der Waals surface area contributed by atoms with Crippen LogP contribution in [0, 0.1) is 0 Å². The molecule has 1 aliphatic rings. The number of carboxylic acid groups (broad SMARTS) is 1. The predicted octanol–water partition coefficient (Wildman–Crippen LogP) is 2.05. The molecule has 0 saturated heterocycles. The van der Waals surface area contributed by atoms with Crippen molar-refractivity contribution in [1.82, 2.24) is 24.8 Å². The van der Waals surface area contributed by atoms with Crippen LogP contribution in [0.2, 0.25) is 0 Å². The maximum Gasteiger partial charge on any atom is 0.407 e. The highest BCUT2D eigenvalue weighted by molar-refractivity contribution is 7.92. The van der Waals surface area contributed by atoms with E-state index in [1.807, 2.05) is 18.2 Å². The first-order chi connectivity index (χ1) is 16.2. The van der Waals surface area contributed by atoms with Gasteiger partial charge in [-0.15, -0.1) is 0 Å². The van der Waals surface area contributed by atoms with E-state index in [-0.39, 0.29) is 12.4 Å². The van der Waals surface area contributed by atoms with Gasteiger partial charge in [-0.2, -0.15) is 4.98 Å². The molecule has 0 radical (unpaired) electrons. The standard InChI is InChI=1S/C21H24N8O4S/c1-28(13-17-19(23-9-8-22-17)27-34(2,32)33)18-5-7-24-20(26-18)25-16-4-3-15-12-29(21(30)31)10-6-14(15)11-16/h3-5,7-9,11H,6,10,12-13H2,1-2H3,(H,23,27)(H,30,31)(H,24,25,26). The molecule has 3 heterocycles. The van der Waals surface area contributed by atoms with E-state index < -0.39 is 16.1 Å². The average molecular weight is 485 g/mol. The number of sulfonamides is 1. The Morgan fingerprint density at radius 3 is 2.71 bits per heavy atom. The van der Waals surface area contributed by atoms with Crippen LogP contribution in [0.15, 0.2) is 42.9 Å². The smallest absolute Gasteiger partial charge is 0.407 e. The summed E-state index contributed by atoms with van der Waals surface area (Å²) < 4.78 is 25.6. The maximum atomic E-state index is 11.6. The Bertz CT molecular complexity index is 1320. The van der Waals surface area contributed by atoms with E-state index in [9.17, 15) is 18.3 Å². The lowest BCUT2D eigenvalue weighted by molar-refractivity contribution is 0.140. The molecule has 178 valence electrons. The zero-order chi connectivity index (χ0) is 24.3. The minimum atomic E-state index is -3.49. The van der Waals surface area contributed by atoms with E-state index in [4.69, 9.17) is 0 Å². The minimum Gasteiger partial charge on any atom is -0.465 e. The summed E-state index contributed by atoms with van der Waals surface area (Å²) in [5, 5.41) is 12.4. The van der Waals surface area contributed by atoms with Gasteiger partial charge in [0.25, 0.3) is 0 Å². The van der Waals surface area contributed by atoms with Crippen LogP contribution in [-0.2, 0) is 29.5 Å². The van der Waals surface area contributed by atoms with Gasteiger partial charge in [-0.3, -0.25) is 9.71 Å². The topological polar surface area (TPSA) is 154 Å². The van der Waals surface area contributed by atoms with Gasteiger partial charge in [0.1, 0.15) is 11.5 Å². The molecule has 0 saturated carbocycles. The van der Waals surface area contributed by atoms with E-state index >= 15 is 0 Å². The maximum absolute atomic E-state index is 11.6. The molecule has 0 aliphatic carbocycles. The molecule has 0 unspecified atom stereocenters. The van der Waals surface area contributed by atoms with Gasteiger partial charge < -0.3 is 20.2 Å². The molecular formula is C21H24N8O4S. The quantitative estimate of drug-likeness (QED) is 0.454. The van der Waals surface area contributed by atoms with Crippen molar-refractivity contribution in [2.75, 3.05) is 34.8 Å². The Labute approximate surface area is 196 Å². The predicted molar refractivity (Wildman–Crippen MR) is 127 cm³/mol. The summed E-state index contributed by atoms with van der Waals surface area (Å²) in [7, 11) is -1.69. The number of amides is 1. The highest BCUT2D eigenvalue weighted by atomic mass is 32.2. The van der Waals surface area contributed by atoms with Gasteiger partial charge in [0, 0.05) is 44.4 Å². The van der Waals surface area contributed by atoms with Crippen LogP contribution in [0.1, 0.15) is 16.8 Å². The van der Waals surface area contributed by atoms with Gasteiger partial charge in [0.2, 0.25) is 16.0 Å². The number of nitrogens with one attached hydrogen (secondary N) is 2. The molecule has 1 aromatic carbocycles. The van der Waals surface area contributed by atoms with Crippen molar-refractivity contribution in [2.24, 2.45) is 0 Å². The summed E-state index contributed by atoms with van der Waals surface area (Å²) in [6.45, 7) is 1.10. The Balaban J connectivity index is 1.47. The SMILES string of the molecule is CN(Cc1nccnc1NS(C)(=O)=O)c1ccnc(Nc2ccc3c(c2)CCN(C(=O)O)C3)n1. The molecule has 1 aliphatic heterocycles. The van der Waals surface area contributed by atoms with Crippen molar-refractivity contribution in [1.29, 1.82) is 0 Å². The normalized spacial score (nSPS) is 13.2. The second kappa shape index (κ2) is 9.47. The van der Waals surface area contributed by atoms with Crippen molar-refractivity contribution in [3.05, 3.63) is 59.7 Å². The van der Waals surface area contributed by atoms with Crippen LogP contribution in [0.5, 0.6) is 0 Å². The van der Waals surface area contributed by atoms with E-state index in [0.29, 0.717) is 37.0 Å². The number of hydrogen-bond acceptors (Lipinski definition) is 9. The van der Waals surface area contributed by atoms with Crippen LogP contribution >= 0.6 is 0 Å². The fourth-order valence-electron chi connectivity index (χ4n) is 3.59. The average Bonchev–Trinajstić information content (AvgIpc) is 2.79. The molecule has 4 rings (SSSR count). The second-order valence-electron chi connectivity index (χ2n) is 7.88. The van der Waals surface area contributed by atoms with Crippen molar-refractivity contribution in [2.45, 2.75) is 19.5 Å². The lowest BCUT2D eigenvalue weighted by atomic mass is 9.99. The fraction of sp³-hybridized carbons (Fsp3) is 0.286. The molecule has 1 amide bonds. The van der Waals surface area contributed by atoms with E-state index in [1.54, 1.807) is 24.2 Å². The highest BCUT2D eigenvalue weighted by Crippen LogP contribution is 2.25. The summed E-state index contributed by atoms with van der Waals surface area (Å²) >= 11 is 0. The van der Waals surface area contributed by atoms with E-state index in [0.717, 1.165) is 23.1 Å². The Kier molecular flexibility index (Phi) is 6.45. The summed E-state index contributed by atoms with van der Waals surface area (Å²) in [5.41, 5.74) is 3.32. The van der Waals surface area contributed by atoms with Crippen molar-refractivity contribution in [3.63, 3.8) is 0 Å². The van der Waals surface area contributed by atoms with Gasteiger partial charge in [0.05, 0.1) is 12.8 Å². The number of benzene rings is 1. The molecule has 0 spiro atoms. The first kappa shape index (κ1) is 23.2. The Morgan fingerprint density at radius 2 is 1.94 bits per heavy atom. The first-order valence-corrected chi connectivity index (χ1v) is 12.3. The first-order valence-electron chi connectivity index (χ1n) is 10.4. The molecule has 0 bridgehead atoms. The van der Waals surface area contributed by atoms with Crippen LogP contribution in [0.4, 0.5) is 28.1 Å². The monoisotopic (exact) mass is 484 g/mol. The molecule has 34 heavy (non-hydrogen) atoms. The van der Waals surface area contributed by atoms with Gasteiger partial charge >= 0.3 is 6.09 Å². The number of rotatable bonds is 7. The summed E-state index contributed by atoms with van der Waals surface area (Å²) in [6, 6.07) is 7.50. The molecule has 3 aromatic rings. The van der Waals surface area contributed by atoms with Crippen molar-refractivity contribution in [3.8, 4) is 0 Å². The molecule has 2 aromatic heterocycles. The Morgan fingerprint density at radius 1 is 1.15 bits per heavy atom. The largest absolute Gasteiger partial charge is 0.465 e. The number of fused-ring (bicyclic) bond motifs is 1. The molecule has 13 heteroatoms. The molecule has 3 N–H and O–H groups in total. The van der Waals surface area contributed by atoms with Crippen LogP contribution in [-0.4, -0.2) is 64.3 Å². The number of nitrogens with zero attached hydrogens (tertiary/aromatic N) is 6. The van der Waals surface area contributed by atoms with Gasteiger partial charge in [-0.05, 0) is 35.7 Å². The van der Waals surface area contributed by atoms with Crippen molar-refractivity contribution >= 4 is 39.4 Å². The van der Waals surface area contributed by atoms with Crippen LogP contribution in [0.3, 0.4) is 0 Å². The summed E-state index contributed by atoms with van der Waals surface area (Å²) in [4.78, 5) is 31.6.